The number of nitrogens with one attached hydrogen (secondary N) is 1. The van der Waals surface area contributed by atoms with E-state index in [9.17, 15) is 0 Å². The molecule has 48 valence electrons. The van der Waals surface area contributed by atoms with E-state index in [1.54, 1.807) is 0 Å². The number of hydrogen-bond acceptors (Lipinski definition) is 1. The van der Waals surface area contributed by atoms with Crippen LogP contribution >= 0.6 is 9.24 Å². The summed E-state index contributed by atoms with van der Waals surface area (Å²) in [5.41, 5.74) is 0. The van der Waals surface area contributed by atoms with E-state index in [0.29, 0.717) is 5.16 Å². The molecule has 1 heterocycles. The Labute approximate surface area is 53.4 Å². The Morgan fingerprint density at radius 1 is 1.62 bits per heavy atom. The number of piperidine rings is 1. The van der Waals surface area contributed by atoms with E-state index in [2.05, 4.69) is 21.5 Å². The van der Waals surface area contributed by atoms with E-state index in [1.807, 2.05) is 0 Å². The molecule has 1 aliphatic heterocycles. The minimum absolute atomic E-state index is 0.484. The molecule has 0 aliphatic carbocycles. The van der Waals surface area contributed by atoms with Crippen molar-refractivity contribution in [3.05, 3.63) is 0 Å². The maximum atomic E-state index is 3.35. The van der Waals surface area contributed by atoms with E-state index < -0.39 is 0 Å². The van der Waals surface area contributed by atoms with Crippen LogP contribution in [0.3, 0.4) is 0 Å². The van der Waals surface area contributed by atoms with E-state index >= 15 is 0 Å². The van der Waals surface area contributed by atoms with Crippen molar-refractivity contribution < 1.29 is 0 Å². The molecule has 0 amide bonds. The molecule has 0 spiro atoms. The van der Waals surface area contributed by atoms with E-state index in [-0.39, 0.29) is 0 Å². The first-order chi connectivity index (χ1) is 3.71. The second kappa shape index (κ2) is 2.33. The summed E-state index contributed by atoms with van der Waals surface area (Å²) < 4.78 is 0. The third-order valence-corrected chi connectivity index (χ3v) is 2.12. The highest BCUT2D eigenvalue weighted by molar-refractivity contribution is 7.19. The van der Waals surface area contributed by atoms with Gasteiger partial charge in [-0.05, 0) is 24.5 Å². The lowest BCUT2D eigenvalue weighted by Gasteiger charge is -2.29. The summed E-state index contributed by atoms with van der Waals surface area (Å²) in [5, 5.41) is 3.84. The molecular weight excluding hydrogens is 117 g/mol. The van der Waals surface area contributed by atoms with Crippen LogP contribution < -0.4 is 5.32 Å². The molecule has 0 saturated carbocycles. The fourth-order valence-corrected chi connectivity index (χ4v) is 1.43. The van der Waals surface area contributed by atoms with Crippen molar-refractivity contribution in [2.45, 2.75) is 24.9 Å². The summed E-state index contributed by atoms with van der Waals surface area (Å²) in [6.07, 6.45) is 2.69. The molecule has 1 aliphatic rings. The van der Waals surface area contributed by atoms with Gasteiger partial charge < -0.3 is 5.32 Å². The molecule has 2 atom stereocenters. The van der Waals surface area contributed by atoms with Crippen LogP contribution in [-0.4, -0.2) is 18.2 Å². The average Bonchev–Trinajstić information content (AvgIpc) is 1.65. The lowest BCUT2D eigenvalue weighted by molar-refractivity contribution is 0.440. The molecule has 0 bridgehead atoms. The zero-order valence-corrected chi connectivity index (χ0v) is 6.56. The Balaban J connectivity index is 2.33. The second-order valence-corrected chi connectivity index (χ2v) is 4.33. The van der Waals surface area contributed by atoms with Gasteiger partial charge in [0.25, 0.3) is 0 Å². The predicted octanol–water partition coefficient (Wildman–Crippen LogP) is 1.00. The third-order valence-electron chi connectivity index (χ3n) is 1.63. The number of rotatable bonds is 0. The van der Waals surface area contributed by atoms with Gasteiger partial charge in [-0.1, -0.05) is 6.92 Å². The van der Waals surface area contributed by atoms with Gasteiger partial charge in [0.2, 0.25) is 0 Å². The minimum Gasteiger partial charge on any atom is -0.316 e. The van der Waals surface area contributed by atoms with Crippen LogP contribution in [0.4, 0.5) is 0 Å². The van der Waals surface area contributed by atoms with Crippen LogP contribution in [0.25, 0.3) is 0 Å². The van der Waals surface area contributed by atoms with Gasteiger partial charge in [0, 0.05) is 6.54 Å². The predicted molar refractivity (Wildman–Crippen MR) is 40.2 cm³/mol. The Hall–Kier alpha value is 0.390. The molecule has 0 aromatic heterocycles. The van der Waals surface area contributed by atoms with Crippen LogP contribution in [0.1, 0.15) is 19.8 Å². The Kier molecular flexibility index (Phi) is 1.89. The zero-order valence-electron chi connectivity index (χ0n) is 5.41. The number of hydrogen-bond donors (Lipinski definition) is 1. The van der Waals surface area contributed by atoms with Crippen LogP contribution in [-0.2, 0) is 0 Å². The molecule has 1 rings (SSSR count). The highest BCUT2D eigenvalue weighted by atomic mass is 31.0. The van der Waals surface area contributed by atoms with Crippen molar-refractivity contribution in [1.29, 1.82) is 0 Å². The minimum atomic E-state index is 0.484. The van der Waals surface area contributed by atoms with Gasteiger partial charge in [0.05, 0.1) is 0 Å². The van der Waals surface area contributed by atoms with Crippen LogP contribution in [0, 0.1) is 0 Å². The quantitative estimate of drug-likeness (QED) is 0.484. The fraction of sp³-hybridized carbons (Fsp3) is 1.00. The van der Waals surface area contributed by atoms with Crippen LogP contribution in [0.5, 0.6) is 0 Å². The lowest BCUT2D eigenvalue weighted by atomic mass is 10.0. The van der Waals surface area contributed by atoms with Gasteiger partial charge in [-0.2, -0.15) is 0 Å². The van der Waals surface area contributed by atoms with Crippen molar-refractivity contribution >= 4 is 9.24 Å². The molecule has 0 aromatic carbocycles. The smallest absolute Gasteiger partial charge is 0.00397 e. The molecule has 0 aromatic rings. The lowest BCUT2D eigenvalue weighted by Crippen LogP contribution is -2.38. The monoisotopic (exact) mass is 131 g/mol. The third kappa shape index (κ3) is 1.72. The SMILES string of the molecule is CC1(P)CCCNC1. The highest BCUT2D eigenvalue weighted by Crippen LogP contribution is 2.24. The van der Waals surface area contributed by atoms with Crippen molar-refractivity contribution in [2.75, 3.05) is 13.1 Å². The standard InChI is InChI=1S/C6H14NP/c1-6(8)3-2-4-7-5-6/h7H,2-5,8H2,1H3. The molecule has 2 heteroatoms. The largest absolute Gasteiger partial charge is 0.316 e. The molecule has 1 saturated heterocycles. The summed E-state index contributed by atoms with van der Waals surface area (Å²) in [5.74, 6) is 0. The normalized spacial score (nSPS) is 39.8. The molecule has 1 N–H and O–H groups in total. The van der Waals surface area contributed by atoms with E-state index in [0.717, 1.165) is 6.54 Å². The van der Waals surface area contributed by atoms with Crippen LogP contribution in [0.2, 0.25) is 0 Å². The molecular formula is C6H14NP. The van der Waals surface area contributed by atoms with E-state index in [4.69, 9.17) is 0 Å². The fourth-order valence-electron chi connectivity index (χ4n) is 1.08. The van der Waals surface area contributed by atoms with E-state index in [1.165, 1.54) is 19.4 Å². The van der Waals surface area contributed by atoms with Crippen LogP contribution in [0.15, 0.2) is 0 Å². The topological polar surface area (TPSA) is 12.0 Å². The van der Waals surface area contributed by atoms with Crippen molar-refractivity contribution in [1.82, 2.24) is 5.32 Å². The van der Waals surface area contributed by atoms with Crippen molar-refractivity contribution in [3.8, 4) is 0 Å². The van der Waals surface area contributed by atoms with Crippen molar-refractivity contribution in [2.24, 2.45) is 0 Å². The van der Waals surface area contributed by atoms with Gasteiger partial charge >= 0.3 is 0 Å². The summed E-state index contributed by atoms with van der Waals surface area (Å²) in [6, 6.07) is 0. The van der Waals surface area contributed by atoms with Gasteiger partial charge in [-0.15, -0.1) is 9.24 Å². The zero-order chi connectivity index (χ0) is 6.04. The maximum Gasteiger partial charge on any atom is 0.00397 e. The first-order valence-corrected chi connectivity index (χ1v) is 3.78. The average molecular weight is 131 g/mol. The summed E-state index contributed by atoms with van der Waals surface area (Å²) >= 11 is 0. The first kappa shape index (κ1) is 6.51. The Morgan fingerprint density at radius 2 is 2.38 bits per heavy atom. The maximum absolute atomic E-state index is 3.35. The second-order valence-electron chi connectivity index (χ2n) is 2.93. The molecule has 0 radical (unpaired) electrons. The summed E-state index contributed by atoms with van der Waals surface area (Å²) in [7, 11) is 2.90. The summed E-state index contributed by atoms with van der Waals surface area (Å²) in [4.78, 5) is 0. The van der Waals surface area contributed by atoms with Gasteiger partial charge in [0.15, 0.2) is 0 Å². The molecule has 8 heavy (non-hydrogen) atoms. The Bertz CT molecular complexity index is 72.6. The first-order valence-electron chi connectivity index (χ1n) is 3.20. The summed E-state index contributed by atoms with van der Waals surface area (Å²) in [6.45, 7) is 4.66. The highest BCUT2D eigenvalue weighted by Gasteiger charge is 2.19. The van der Waals surface area contributed by atoms with Gasteiger partial charge in [-0.3, -0.25) is 0 Å². The molecule has 1 nitrogen and oxygen atoms in total. The van der Waals surface area contributed by atoms with Gasteiger partial charge in [0.1, 0.15) is 0 Å². The van der Waals surface area contributed by atoms with Gasteiger partial charge in [-0.25, -0.2) is 0 Å². The molecule has 2 unspecified atom stereocenters. The molecule has 1 fully saturated rings. The van der Waals surface area contributed by atoms with Crippen molar-refractivity contribution in [3.63, 3.8) is 0 Å². The Morgan fingerprint density at radius 3 is 2.62 bits per heavy atom.